The predicted molar refractivity (Wildman–Crippen MR) is 172 cm³/mol. The van der Waals surface area contributed by atoms with E-state index in [-0.39, 0.29) is 23.4 Å². The fourth-order valence-electron chi connectivity index (χ4n) is 6.07. The molecule has 1 fully saturated rings. The molecule has 216 valence electrons. The zero-order chi connectivity index (χ0) is 31.0. The van der Waals surface area contributed by atoms with Crippen molar-refractivity contribution in [3.05, 3.63) is 105 Å². The van der Waals surface area contributed by atoms with E-state index >= 15 is 0 Å². The van der Waals surface area contributed by atoms with Gasteiger partial charge in [0.25, 0.3) is 5.56 Å². The van der Waals surface area contributed by atoms with Gasteiger partial charge in [-0.15, -0.1) is 0 Å². The average Bonchev–Trinajstić information content (AvgIpc) is 3.00. The summed E-state index contributed by atoms with van der Waals surface area (Å²) in [6.45, 7) is 12.9. The van der Waals surface area contributed by atoms with Gasteiger partial charge >= 0.3 is 0 Å². The Balaban J connectivity index is 1.87. The van der Waals surface area contributed by atoms with E-state index in [0.29, 0.717) is 52.5 Å². The zero-order valence-corrected chi connectivity index (χ0v) is 25.4. The van der Waals surface area contributed by atoms with Crippen LogP contribution < -0.4 is 10.5 Å². The van der Waals surface area contributed by atoms with Crippen LogP contribution in [0.1, 0.15) is 48.9 Å². The maximum absolute atomic E-state index is 14.4. The number of amides is 1. The van der Waals surface area contributed by atoms with Crippen LogP contribution in [0.2, 0.25) is 5.02 Å². The first-order chi connectivity index (χ1) is 20.6. The molecule has 1 aliphatic rings. The largest absolute Gasteiger partial charge is 0.363 e. The molecule has 8 heteroatoms. The van der Waals surface area contributed by atoms with Crippen LogP contribution in [0.4, 0.5) is 5.69 Å². The van der Waals surface area contributed by atoms with Crippen LogP contribution in [0.25, 0.3) is 27.7 Å². The second-order valence-corrected chi connectivity index (χ2v) is 11.6. The molecule has 1 saturated heterocycles. The van der Waals surface area contributed by atoms with Gasteiger partial charge in [0.1, 0.15) is 11.6 Å². The molecule has 3 aromatic carbocycles. The van der Waals surface area contributed by atoms with Crippen LogP contribution in [-0.2, 0) is 4.79 Å². The SMILES string of the molecule is C=CC(=O)N1CCN(c2c(C#N)c(=O)n(-c3ccccc3C(C)C)c3cc(-c4ccc(C#N)cc4C)c(Cl)cc23)[C@@H](C)C1. The Hall–Kier alpha value is -4.85. The summed E-state index contributed by atoms with van der Waals surface area (Å²) in [5.41, 5.74) is 5.41. The highest BCUT2D eigenvalue weighted by molar-refractivity contribution is 6.34. The van der Waals surface area contributed by atoms with Crippen LogP contribution in [0, 0.1) is 29.6 Å². The van der Waals surface area contributed by atoms with E-state index in [1.54, 1.807) is 15.5 Å². The fraction of sp³-hybridized carbons (Fsp3) is 0.257. The van der Waals surface area contributed by atoms with Crippen molar-refractivity contribution in [1.82, 2.24) is 9.47 Å². The number of nitriles is 2. The number of halogens is 1. The first kappa shape index (κ1) is 29.6. The number of nitrogens with zero attached hydrogens (tertiary/aromatic N) is 5. The van der Waals surface area contributed by atoms with E-state index < -0.39 is 5.56 Å². The van der Waals surface area contributed by atoms with Crippen molar-refractivity contribution < 1.29 is 4.79 Å². The third-order valence-corrected chi connectivity index (χ3v) is 8.51. The molecule has 0 spiro atoms. The van der Waals surface area contributed by atoms with E-state index in [2.05, 4.69) is 32.6 Å². The standard InChI is InChI=1S/C35H32ClN5O2/c1-6-33(42)39-13-14-40(23(5)20-39)34-28-16-30(36)27(26-12-11-24(18-37)15-22(26)4)17-32(28)41(35(43)29(34)19-38)31-10-8-7-9-25(31)21(2)3/h6-12,15-17,21,23H,1,13-14,20H2,2-5H3/t23-/m0/s1. The average molecular weight is 590 g/mol. The minimum absolute atomic E-state index is 0.0276. The van der Waals surface area contributed by atoms with Crippen molar-refractivity contribution >= 4 is 34.1 Å². The lowest BCUT2D eigenvalue weighted by atomic mass is 9.95. The number of pyridine rings is 1. The minimum atomic E-state index is -0.417. The van der Waals surface area contributed by atoms with E-state index in [1.165, 1.54) is 6.08 Å². The van der Waals surface area contributed by atoms with Gasteiger partial charge in [0, 0.05) is 41.6 Å². The number of anilines is 1. The molecule has 0 bridgehead atoms. The van der Waals surface area contributed by atoms with Crippen molar-refractivity contribution in [3.63, 3.8) is 0 Å². The molecule has 0 N–H and O–H groups in total. The van der Waals surface area contributed by atoms with Crippen LogP contribution in [0.5, 0.6) is 0 Å². The summed E-state index contributed by atoms with van der Waals surface area (Å²) in [4.78, 5) is 30.6. The summed E-state index contributed by atoms with van der Waals surface area (Å²) in [6.07, 6.45) is 1.30. The molecule has 43 heavy (non-hydrogen) atoms. The van der Waals surface area contributed by atoms with Gasteiger partial charge in [-0.1, -0.05) is 56.3 Å². The quantitative estimate of drug-likeness (QED) is 0.241. The van der Waals surface area contributed by atoms with Gasteiger partial charge < -0.3 is 9.80 Å². The molecular weight excluding hydrogens is 558 g/mol. The molecule has 5 rings (SSSR count). The van der Waals surface area contributed by atoms with Crippen molar-refractivity contribution in [2.75, 3.05) is 24.5 Å². The molecular formula is C35H32ClN5O2. The number of carbonyl (C=O) groups is 1. The van der Waals surface area contributed by atoms with Gasteiger partial charge in [-0.2, -0.15) is 10.5 Å². The number of piperazine rings is 1. The third-order valence-electron chi connectivity index (χ3n) is 8.19. The Morgan fingerprint density at radius 3 is 2.44 bits per heavy atom. The van der Waals surface area contributed by atoms with Gasteiger partial charge in [-0.05, 0) is 72.9 Å². The van der Waals surface area contributed by atoms with Crippen molar-refractivity contribution in [2.24, 2.45) is 0 Å². The van der Waals surface area contributed by atoms with E-state index in [1.807, 2.05) is 67.3 Å². The highest BCUT2D eigenvalue weighted by Crippen LogP contribution is 2.40. The highest BCUT2D eigenvalue weighted by atomic mass is 35.5. The monoisotopic (exact) mass is 589 g/mol. The highest BCUT2D eigenvalue weighted by Gasteiger charge is 2.31. The van der Waals surface area contributed by atoms with Crippen molar-refractivity contribution in [3.8, 4) is 29.0 Å². The summed E-state index contributed by atoms with van der Waals surface area (Å²) in [7, 11) is 0. The van der Waals surface area contributed by atoms with E-state index in [0.717, 1.165) is 22.3 Å². The minimum Gasteiger partial charge on any atom is -0.363 e. The Bertz CT molecular complexity index is 1930. The first-order valence-electron chi connectivity index (χ1n) is 14.2. The normalized spacial score (nSPS) is 14.9. The molecule has 1 aliphatic heterocycles. The number of hydrogen-bond acceptors (Lipinski definition) is 5. The molecule has 0 unspecified atom stereocenters. The lowest BCUT2D eigenvalue weighted by Crippen LogP contribution is -2.54. The molecule has 0 saturated carbocycles. The van der Waals surface area contributed by atoms with Crippen molar-refractivity contribution in [1.29, 1.82) is 10.5 Å². The van der Waals surface area contributed by atoms with Gasteiger partial charge in [-0.3, -0.25) is 14.2 Å². The molecule has 1 aromatic heterocycles. The third kappa shape index (κ3) is 5.18. The maximum atomic E-state index is 14.4. The Labute approximate surface area is 256 Å². The second-order valence-electron chi connectivity index (χ2n) is 11.2. The number of carbonyl (C=O) groups excluding carboxylic acids is 1. The second kappa shape index (κ2) is 11.8. The summed E-state index contributed by atoms with van der Waals surface area (Å²) in [5.74, 6) is -0.0329. The Morgan fingerprint density at radius 1 is 1.07 bits per heavy atom. The summed E-state index contributed by atoms with van der Waals surface area (Å²) < 4.78 is 1.63. The van der Waals surface area contributed by atoms with Crippen LogP contribution in [-0.4, -0.2) is 41.1 Å². The van der Waals surface area contributed by atoms with Gasteiger partial charge in [-0.25, -0.2) is 0 Å². The Morgan fingerprint density at radius 2 is 1.81 bits per heavy atom. The van der Waals surface area contributed by atoms with E-state index in [4.69, 9.17) is 11.6 Å². The number of aryl methyl sites for hydroxylation is 1. The molecule has 1 atom stereocenters. The van der Waals surface area contributed by atoms with Crippen LogP contribution in [0.15, 0.2) is 72.0 Å². The molecule has 2 heterocycles. The lowest BCUT2D eigenvalue weighted by molar-refractivity contribution is -0.126. The number of fused-ring (bicyclic) bond motifs is 1. The van der Waals surface area contributed by atoms with E-state index in [9.17, 15) is 20.1 Å². The first-order valence-corrected chi connectivity index (χ1v) is 14.6. The molecule has 0 radical (unpaired) electrons. The number of para-hydroxylation sites is 1. The lowest BCUT2D eigenvalue weighted by Gasteiger charge is -2.41. The van der Waals surface area contributed by atoms with Crippen LogP contribution in [0.3, 0.4) is 0 Å². The molecule has 4 aromatic rings. The Kier molecular flexibility index (Phi) is 8.13. The fourth-order valence-corrected chi connectivity index (χ4v) is 6.34. The summed E-state index contributed by atoms with van der Waals surface area (Å²) in [5, 5.41) is 21.0. The number of benzene rings is 3. The number of rotatable bonds is 5. The number of aromatic nitrogens is 1. The summed E-state index contributed by atoms with van der Waals surface area (Å²) >= 11 is 7.01. The molecule has 7 nitrogen and oxygen atoms in total. The molecule has 0 aliphatic carbocycles. The topological polar surface area (TPSA) is 93.1 Å². The maximum Gasteiger partial charge on any atom is 0.275 e. The zero-order valence-electron chi connectivity index (χ0n) is 24.7. The van der Waals surface area contributed by atoms with Gasteiger partial charge in [0.05, 0.1) is 28.5 Å². The molecule has 1 amide bonds. The van der Waals surface area contributed by atoms with Gasteiger partial charge in [0.2, 0.25) is 5.91 Å². The van der Waals surface area contributed by atoms with Crippen molar-refractivity contribution in [2.45, 2.75) is 39.7 Å². The summed E-state index contributed by atoms with van der Waals surface area (Å²) in [6, 6.07) is 21.1. The smallest absolute Gasteiger partial charge is 0.275 e. The van der Waals surface area contributed by atoms with Gasteiger partial charge in [0.15, 0.2) is 0 Å². The van der Waals surface area contributed by atoms with Crippen LogP contribution >= 0.6 is 11.6 Å². The number of hydrogen-bond donors (Lipinski definition) is 0. The predicted octanol–water partition coefficient (Wildman–Crippen LogP) is 6.71.